The molecule has 0 saturated heterocycles. The molecular weight excluding hydrogens is 400 g/mol. The number of unbranched alkanes of at least 4 members (excludes halogenated alkanes) is 12. The van der Waals surface area contributed by atoms with Crippen molar-refractivity contribution in [2.24, 2.45) is 17.8 Å². The Bertz CT molecular complexity index is 526. The van der Waals surface area contributed by atoms with Crippen LogP contribution in [0.2, 0.25) is 0 Å². The predicted molar refractivity (Wildman–Crippen MR) is 133 cm³/mol. The van der Waals surface area contributed by atoms with E-state index in [1.165, 1.54) is 77.0 Å². The van der Waals surface area contributed by atoms with Crippen molar-refractivity contribution >= 4 is 11.9 Å². The Labute approximate surface area is 197 Å². The van der Waals surface area contributed by atoms with Crippen LogP contribution in [0.15, 0.2) is 12.2 Å². The van der Waals surface area contributed by atoms with Crippen molar-refractivity contribution in [3.63, 3.8) is 0 Å². The van der Waals surface area contributed by atoms with E-state index in [-0.39, 0.29) is 12.1 Å². The SMILES string of the molecule is CCCCCCCCCCCCCCCC(CC(C)C)OC(=O)C1CC=CCC1C(=O)O. The molecule has 1 rings (SSSR count). The van der Waals surface area contributed by atoms with Gasteiger partial charge in [0.1, 0.15) is 6.10 Å². The van der Waals surface area contributed by atoms with Crippen molar-refractivity contribution in [2.45, 2.75) is 136 Å². The molecule has 4 nitrogen and oxygen atoms in total. The maximum atomic E-state index is 12.7. The molecule has 0 aromatic rings. The summed E-state index contributed by atoms with van der Waals surface area (Å²) in [6, 6.07) is 0. The number of rotatable bonds is 19. The van der Waals surface area contributed by atoms with Gasteiger partial charge in [-0.05, 0) is 38.0 Å². The number of carboxylic acid groups (broad SMARTS) is 1. The number of carbonyl (C=O) groups is 2. The molecule has 3 atom stereocenters. The van der Waals surface area contributed by atoms with Gasteiger partial charge in [0.05, 0.1) is 11.8 Å². The van der Waals surface area contributed by atoms with Gasteiger partial charge in [-0.3, -0.25) is 9.59 Å². The zero-order valence-corrected chi connectivity index (χ0v) is 21.2. The lowest BCUT2D eigenvalue weighted by Crippen LogP contribution is -2.34. The van der Waals surface area contributed by atoms with Crippen molar-refractivity contribution in [2.75, 3.05) is 0 Å². The lowest BCUT2D eigenvalue weighted by atomic mass is 9.83. The fourth-order valence-electron chi connectivity index (χ4n) is 4.74. The quantitative estimate of drug-likeness (QED) is 0.123. The van der Waals surface area contributed by atoms with Gasteiger partial charge < -0.3 is 9.84 Å². The molecule has 1 aliphatic carbocycles. The van der Waals surface area contributed by atoms with Crippen molar-refractivity contribution in [3.8, 4) is 0 Å². The van der Waals surface area contributed by atoms with Crippen LogP contribution in [-0.4, -0.2) is 23.1 Å². The van der Waals surface area contributed by atoms with E-state index in [1.807, 2.05) is 12.2 Å². The average Bonchev–Trinajstić information content (AvgIpc) is 2.76. The lowest BCUT2D eigenvalue weighted by molar-refractivity contribution is -0.162. The second-order valence-corrected chi connectivity index (χ2v) is 10.2. The number of esters is 1. The Hall–Kier alpha value is -1.32. The molecule has 1 aliphatic rings. The van der Waals surface area contributed by atoms with Gasteiger partial charge in [0.25, 0.3) is 0 Å². The van der Waals surface area contributed by atoms with Crippen LogP contribution in [0.5, 0.6) is 0 Å². The molecule has 1 N–H and O–H groups in total. The fraction of sp³-hybridized carbons (Fsp3) is 0.857. The van der Waals surface area contributed by atoms with Crippen molar-refractivity contribution in [3.05, 3.63) is 12.2 Å². The molecule has 0 amide bonds. The number of carbonyl (C=O) groups excluding carboxylic acids is 1. The Balaban J connectivity index is 2.19. The molecule has 0 bridgehead atoms. The van der Waals surface area contributed by atoms with E-state index in [1.54, 1.807) is 0 Å². The molecule has 0 radical (unpaired) electrons. The number of carboxylic acids is 1. The maximum absolute atomic E-state index is 12.7. The highest BCUT2D eigenvalue weighted by Crippen LogP contribution is 2.28. The zero-order valence-electron chi connectivity index (χ0n) is 21.2. The van der Waals surface area contributed by atoms with Crippen molar-refractivity contribution < 1.29 is 19.4 Å². The second-order valence-electron chi connectivity index (χ2n) is 10.2. The van der Waals surface area contributed by atoms with Gasteiger partial charge in [-0.2, -0.15) is 0 Å². The smallest absolute Gasteiger partial charge is 0.310 e. The first-order valence-electron chi connectivity index (χ1n) is 13.5. The number of allylic oxidation sites excluding steroid dienone is 2. The number of ether oxygens (including phenoxy) is 1. The first kappa shape index (κ1) is 28.7. The van der Waals surface area contributed by atoms with Gasteiger partial charge in [-0.15, -0.1) is 0 Å². The highest BCUT2D eigenvalue weighted by Gasteiger charge is 2.36. The minimum atomic E-state index is -0.895. The summed E-state index contributed by atoms with van der Waals surface area (Å²) in [4.78, 5) is 24.2. The summed E-state index contributed by atoms with van der Waals surface area (Å²) in [5.74, 6) is -1.95. The van der Waals surface area contributed by atoms with E-state index in [9.17, 15) is 14.7 Å². The summed E-state index contributed by atoms with van der Waals surface area (Å²) < 4.78 is 5.85. The monoisotopic (exact) mass is 450 g/mol. The first-order chi connectivity index (χ1) is 15.5. The number of hydrogen-bond donors (Lipinski definition) is 1. The number of hydrogen-bond acceptors (Lipinski definition) is 3. The molecule has 0 heterocycles. The van der Waals surface area contributed by atoms with E-state index < -0.39 is 17.8 Å². The third kappa shape index (κ3) is 13.3. The average molecular weight is 451 g/mol. The third-order valence-corrected chi connectivity index (χ3v) is 6.70. The molecule has 4 heteroatoms. The van der Waals surface area contributed by atoms with Gasteiger partial charge in [0.15, 0.2) is 0 Å². The Morgan fingerprint density at radius 1 is 0.812 bits per heavy atom. The van der Waals surface area contributed by atoms with Crippen LogP contribution in [-0.2, 0) is 14.3 Å². The number of aliphatic carboxylic acids is 1. The second kappa shape index (κ2) is 18.1. The molecule has 0 saturated carbocycles. The minimum absolute atomic E-state index is 0.0874. The summed E-state index contributed by atoms with van der Waals surface area (Å²) in [6.07, 6.45) is 23.6. The van der Waals surface area contributed by atoms with E-state index in [0.29, 0.717) is 18.8 Å². The molecule has 32 heavy (non-hydrogen) atoms. The summed E-state index contributed by atoms with van der Waals surface area (Å²) >= 11 is 0. The summed E-state index contributed by atoms with van der Waals surface area (Å²) in [5, 5.41) is 9.43. The minimum Gasteiger partial charge on any atom is -0.481 e. The first-order valence-corrected chi connectivity index (χ1v) is 13.5. The fourth-order valence-corrected chi connectivity index (χ4v) is 4.74. The van der Waals surface area contributed by atoms with Crippen LogP contribution in [0, 0.1) is 17.8 Å². The van der Waals surface area contributed by atoms with Crippen LogP contribution in [0.3, 0.4) is 0 Å². The van der Waals surface area contributed by atoms with Gasteiger partial charge >= 0.3 is 11.9 Å². The van der Waals surface area contributed by atoms with E-state index in [2.05, 4.69) is 20.8 Å². The summed E-state index contributed by atoms with van der Waals surface area (Å²) in [7, 11) is 0. The molecule has 0 aromatic heterocycles. The molecule has 0 spiro atoms. The predicted octanol–water partition coefficient (Wildman–Crippen LogP) is 8.09. The Morgan fingerprint density at radius 3 is 1.75 bits per heavy atom. The Morgan fingerprint density at radius 2 is 1.28 bits per heavy atom. The van der Waals surface area contributed by atoms with E-state index >= 15 is 0 Å². The molecule has 0 fully saturated rings. The van der Waals surface area contributed by atoms with Crippen LogP contribution >= 0.6 is 0 Å². The maximum Gasteiger partial charge on any atom is 0.310 e. The molecule has 186 valence electrons. The van der Waals surface area contributed by atoms with Gasteiger partial charge in [-0.1, -0.05) is 110 Å². The van der Waals surface area contributed by atoms with Gasteiger partial charge in [-0.25, -0.2) is 0 Å². The zero-order chi connectivity index (χ0) is 23.6. The van der Waals surface area contributed by atoms with E-state index in [4.69, 9.17) is 4.74 Å². The normalized spacial score (nSPS) is 19.2. The van der Waals surface area contributed by atoms with Crippen LogP contribution < -0.4 is 0 Å². The third-order valence-electron chi connectivity index (χ3n) is 6.70. The largest absolute Gasteiger partial charge is 0.481 e. The van der Waals surface area contributed by atoms with Gasteiger partial charge in [0, 0.05) is 0 Å². The van der Waals surface area contributed by atoms with Crippen LogP contribution in [0.1, 0.15) is 130 Å². The summed E-state index contributed by atoms with van der Waals surface area (Å²) in [6.45, 7) is 6.56. The standard InChI is InChI=1S/C28H50O4/c1-4-5-6-7-8-9-10-11-12-13-14-15-16-19-24(22-23(2)3)32-28(31)26-21-18-17-20-25(26)27(29)30/h17-18,23-26H,4-16,19-22H2,1-3H3,(H,29,30). The van der Waals surface area contributed by atoms with Gasteiger partial charge in [0.2, 0.25) is 0 Å². The summed E-state index contributed by atoms with van der Waals surface area (Å²) in [5.41, 5.74) is 0. The lowest BCUT2D eigenvalue weighted by Gasteiger charge is -2.27. The molecular formula is C28H50O4. The van der Waals surface area contributed by atoms with E-state index in [0.717, 1.165) is 19.3 Å². The molecule has 0 aromatic carbocycles. The van der Waals surface area contributed by atoms with Crippen molar-refractivity contribution in [1.82, 2.24) is 0 Å². The molecule has 0 aliphatic heterocycles. The topological polar surface area (TPSA) is 63.6 Å². The Kier molecular flexibility index (Phi) is 16.3. The van der Waals surface area contributed by atoms with Crippen LogP contribution in [0.4, 0.5) is 0 Å². The highest BCUT2D eigenvalue weighted by molar-refractivity contribution is 5.81. The van der Waals surface area contributed by atoms with Crippen molar-refractivity contribution in [1.29, 1.82) is 0 Å². The van der Waals surface area contributed by atoms with Crippen LogP contribution in [0.25, 0.3) is 0 Å². The highest BCUT2D eigenvalue weighted by atomic mass is 16.5. The molecule has 3 unspecified atom stereocenters.